The first-order valence-electron chi connectivity index (χ1n) is 11.9. The van der Waals surface area contributed by atoms with Gasteiger partial charge in [-0.1, -0.05) is 12.1 Å². The molecule has 9 nitrogen and oxygen atoms in total. The summed E-state index contributed by atoms with van der Waals surface area (Å²) in [5.74, 6) is -2.44. The first kappa shape index (κ1) is 24.6. The Labute approximate surface area is 212 Å². The summed E-state index contributed by atoms with van der Waals surface area (Å²) in [6.07, 6.45) is 1.19. The number of hydrogen-bond donors (Lipinski definition) is 4. The average Bonchev–Trinajstić information content (AvgIpc) is 3.31. The van der Waals surface area contributed by atoms with E-state index in [0.29, 0.717) is 11.4 Å². The maximum absolute atomic E-state index is 15.1. The minimum atomic E-state index is -0.767. The van der Waals surface area contributed by atoms with Crippen molar-refractivity contribution in [2.75, 3.05) is 38.5 Å². The van der Waals surface area contributed by atoms with Gasteiger partial charge in [0.05, 0.1) is 5.52 Å². The Bertz CT molecular complexity index is 1430. The number of carbonyl (C=O) groups excluding carboxylic acids is 1. The second kappa shape index (κ2) is 10.5. The number of benzene rings is 2. The van der Waals surface area contributed by atoms with Crippen LogP contribution in [-0.2, 0) is 6.54 Å². The lowest BCUT2D eigenvalue weighted by atomic mass is 10.1. The predicted molar refractivity (Wildman–Crippen MR) is 136 cm³/mol. The van der Waals surface area contributed by atoms with Crippen molar-refractivity contribution >= 4 is 28.3 Å². The lowest BCUT2D eigenvalue weighted by Crippen LogP contribution is -2.42. The van der Waals surface area contributed by atoms with Gasteiger partial charge in [0.2, 0.25) is 5.88 Å². The highest BCUT2D eigenvalue weighted by molar-refractivity contribution is 6.01. The number of aromatic nitrogens is 3. The number of nitrogens with one attached hydrogen (secondary N) is 4. The van der Waals surface area contributed by atoms with Crippen molar-refractivity contribution in [3.05, 3.63) is 71.2 Å². The molecule has 2 aromatic heterocycles. The summed E-state index contributed by atoms with van der Waals surface area (Å²) in [6.45, 7) is 6.51. The van der Waals surface area contributed by atoms with Gasteiger partial charge in [-0.3, -0.25) is 9.69 Å². The minimum absolute atomic E-state index is 0.0410. The molecule has 0 atom stereocenters. The molecule has 11 heteroatoms. The van der Waals surface area contributed by atoms with Crippen LogP contribution >= 0.6 is 0 Å². The zero-order chi connectivity index (χ0) is 25.9. The Balaban J connectivity index is 1.42. The summed E-state index contributed by atoms with van der Waals surface area (Å²) in [4.78, 5) is 26.2. The summed E-state index contributed by atoms with van der Waals surface area (Å²) in [6, 6.07) is 10.2. The lowest BCUT2D eigenvalue weighted by molar-refractivity contribution is 0.0960. The molecule has 0 aliphatic carbocycles. The van der Waals surface area contributed by atoms with Crippen molar-refractivity contribution in [1.82, 2.24) is 30.5 Å². The fraction of sp³-hybridized carbons (Fsp3) is 0.269. The molecule has 1 aliphatic rings. The van der Waals surface area contributed by atoms with Crippen molar-refractivity contribution in [3.63, 3.8) is 0 Å². The third kappa shape index (κ3) is 5.23. The Morgan fingerprint density at radius 1 is 1.14 bits per heavy atom. The van der Waals surface area contributed by atoms with Gasteiger partial charge in [-0.15, -0.1) is 0 Å². The van der Waals surface area contributed by atoms with Gasteiger partial charge in [0.1, 0.15) is 11.9 Å². The van der Waals surface area contributed by atoms with Gasteiger partial charge < -0.3 is 25.7 Å². The highest BCUT2D eigenvalue weighted by Gasteiger charge is 2.23. The summed E-state index contributed by atoms with van der Waals surface area (Å²) < 4.78 is 35.4. The zero-order valence-corrected chi connectivity index (χ0v) is 20.5. The van der Waals surface area contributed by atoms with Crippen molar-refractivity contribution < 1.29 is 18.3 Å². The van der Waals surface area contributed by atoms with Gasteiger partial charge in [0, 0.05) is 62.6 Å². The molecule has 0 unspecified atom stereocenters. The molecule has 4 aromatic rings. The maximum Gasteiger partial charge on any atom is 0.260 e. The first-order valence-corrected chi connectivity index (χ1v) is 11.9. The molecular formula is C26H27F2N7O2. The Morgan fingerprint density at radius 2 is 1.89 bits per heavy atom. The van der Waals surface area contributed by atoms with Crippen LogP contribution in [0.5, 0.6) is 11.6 Å². The van der Waals surface area contributed by atoms with E-state index in [1.54, 1.807) is 6.92 Å². The zero-order valence-electron chi connectivity index (χ0n) is 20.5. The fourth-order valence-corrected chi connectivity index (χ4v) is 4.34. The third-order valence-corrected chi connectivity index (χ3v) is 6.21. The highest BCUT2D eigenvalue weighted by Crippen LogP contribution is 2.34. The molecule has 1 saturated heterocycles. The predicted octanol–water partition coefficient (Wildman–Crippen LogP) is 3.85. The molecule has 37 heavy (non-hydrogen) atoms. The normalized spacial score (nSPS) is 14.1. The largest absolute Gasteiger partial charge is 0.435 e. The summed E-state index contributed by atoms with van der Waals surface area (Å²) in [7, 11) is 1.45. The first-order chi connectivity index (χ1) is 17.9. The van der Waals surface area contributed by atoms with Gasteiger partial charge >= 0.3 is 0 Å². The van der Waals surface area contributed by atoms with Crippen molar-refractivity contribution in [2.24, 2.45) is 0 Å². The number of halogens is 2. The molecule has 5 rings (SSSR count). The van der Waals surface area contributed by atoms with Crippen LogP contribution in [0.2, 0.25) is 0 Å². The van der Waals surface area contributed by atoms with E-state index in [9.17, 15) is 9.18 Å². The van der Waals surface area contributed by atoms with Gasteiger partial charge in [-0.2, -0.15) is 0 Å². The van der Waals surface area contributed by atoms with Crippen LogP contribution in [0, 0.1) is 18.6 Å². The number of amides is 1. The molecule has 1 fully saturated rings. The molecular weight excluding hydrogens is 480 g/mol. The molecule has 2 aromatic carbocycles. The number of aromatic amines is 1. The number of H-pyrrole nitrogens is 1. The highest BCUT2D eigenvalue weighted by atomic mass is 19.1. The number of piperazine rings is 1. The van der Waals surface area contributed by atoms with E-state index in [1.807, 2.05) is 24.3 Å². The van der Waals surface area contributed by atoms with Gasteiger partial charge in [-0.25, -0.2) is 18.7 Å². The smallest absolute Gasteiger partial charge is 0.260 e. The number of hydrogen-bond acceptors (Lipinski definition) is 7. The average molecular weight is 508 g/mol. The second-order valence-electron chi connectivity index (χ2n) is 8.84. The van der Waals surface area contributed by atoms with Crippen LogP contribution < -0.4 is 20.7 Å². The topological polar surface area (TPSA) is 107 Å². The quantitative estimate of drug-likeness (QED) is 0.301. The monoisotopic (exact) mass is 507 g/mol. The Morgan fingerprint density at radius 3 is 2.62 bits per heavy atom. The van der Waals surface area contributed by atoms with E-state index >= 15 is 4.39 Å². The molecule has 3 heterocycles. The van der Waals surface area contributed by atoms with Crippen LogP contribution in [-0.4, -0.2) is 59.0 Å². The molecule has 4 N–H and O–H groups in total. The minimum Gasteiger partial charge on any atom is -0.435 e. The van der Waals surface area contributed by atoms with E-state index in [0.717, 1.165) is 38.8 Å². The van der Waals surface area contributed by atoms with Crippen LogP contribution in [0.15, 0.2) is 42.7 Å². The third-order valence-electron chi connectivity index (χ3n) is 6.21. The summed E-state index contributed by atoms with van der Waals surface area (Å²) >= 11 is 0. The van der Waals surface area contributed by atoms with E-state index in [2.05, 4.69) is 35.8 Å². The van der Waals surface area contributed by atoms with E-state index in [1.165, 1.54) is 25.0 Å². The number of rotatable bonds is 7. The van der Waals surface area contributed by atoms with Crippen LogP contribution in [0.3, 0.4) is 0 Å². The van der Waals surface area contributed by atoms with Gasteiger partial charge in [0.25, 0.3) is 5.91 Å². The summed E-state index contributed by atoms with van der Waals surface area (Å²) in [5.41, 5.74) is 2.46. The number of aryl methyl sites for hydroxylation is 1. The Kier molecular flexibility index (Phi) is 6.97. The Hall–Kier alpha value is -4.09. The molecule has 0 saturated carbocycles. The molecule has 192 valence electrons. The SMILES string of the molecule is CNC(=O)c1c(Nc2ccc(CN3CCNCC3)cc2)ncnc1Oc1cc(F)c2[nH]c(C)cc2c1F. The van der Waals surface area contributed by atoms with Crippen LogP contribution in [0.4, 0.5) is 20.3 Å². The molecule has 0 spiro atoms. The van der Waals surface area contributed by atoms with E-state index in [4.69, 9.17) is 4.74 Å². The standard InChI is InChI=1S/C26H27F2N7O2/c1-15-11-18-22(28)20(12-19(27)23(18)33-15)37-26-21(25(36)29-2)24(31-14-32-26)34-17-5-3-16(4-6-17)13-35-9-7-30-8-10-35/h3-6,11-12,14,30,33H,7-10,13H2,1-2H3,(H,29,36)(H,31,32,34). The molecule has 0 bridgehead atoms. The van der Waals surface area contributed by atoms with E-state index in [-0.39, 0.29) is 28.2 Å². The molecule has 1 amide bonds. The van der Waals surface area contributed by atoms with Crippen molar-refractivity contribution in [2.45, 2.75) is 13.5 Å². The van der Waals surface area contributed by atoms with Crippen molar-refractivity contribution in [3.8, 4) is 11.6 Å². The van der Waals surface area contributed by atoms with E-state index < -0.39 is 23.3 Å². The number of carbonyl (C=O) groups is 1. The van der Waals surface area contributed by atoms with Crippen LogP contribution in [0.25, 0.3) is 10.9 Å². The fourth-order valence-electron chi connectivity index (χ4n) is 4.34. The maximum atomic E-state index is 15.1. The lowest BCUT2D eigenvalue weighted by Gasteiger charge is -2.27. The van der Waals surface area contributed by atoms with Gasteiger partial charge in [-0.05, 0) is 30.7 Å². The van der Waals surface area contributed by atoms with Crippen molar-refractivity contribution in [1.29, 1.82) is 0 Å². The molecule has 0 radical (unpaired) electrons. The second-order valence-corrected chi connectivity index (χ2v) is 8.84. The number of nitrogens with zero attached hydrogens (tertiary/aromatic N) is 3. The van der Waals surface area contributed by atoms with Crippen LogP contribution in [0.1, 0.15) is 21.6 Å². The summed E-state index contributed by atoms with van der Waals surface area (Å²) in [5, 5.41) is 9.03. The number of fused-ring (bicyclic) bond motifs is 1. The number of anilines is 2. The number of ether oxygens (including phenoxy) is 1. The van der Waals surface area contributed by atoms with Gasteiger partial charge in [0.15, 0.2) is 23.2 Å². The molecule has 1 aliphatic heterocycles.